The van der Waals surface area contributed by atoms with Crippen molar-refractivity contribution in [2.45, 2.75) is 6.42 Å². The lowest BCUT2D eigenvalue weighted by atomic mass is 10.0. The van der Waals surface area contributed by atoms with Gasteiger partial charge in [0.2, 0.25) is 0 Å². The van der Waals surface area contributed by atoms with Crippen molar-refractivity contribution in [3.05, 3.63) is 59.4 Å². The zero-order valence-electron chi connectivity index (χ0n) is 13.1. The number of benzene rings is 1. The fourth-order valence-electron chi connectivity index (χ4n) is 2.97. The molecular weight excluding hydrogens is 308 g/mol. The summed E-state index contributed by atoms with van der Waals surface area (Å²) in [6.45, 7) is 1.66. The van der Waals surface area contributed by atoms with Gasteiger partial charge in [-0.3, -0.25) is 9.59 Å². The van der Waals surface area contributed by atoms with Crippen molar-refractivity contribution in [2.24, 2.45) is 5.92 Å². The van der Waals surface area contributed by atoms with E-state index in [1.165, 1.54) is 0 Å². The van der Waals surface area contributed by atoms with Crippen LogP contribution in [0.4, 0.5) is 0 Å². The molecule has 0 unspecified atom stereocenters. The van der Waals surface area contributed by atoms with Crippen molar-refractivity contribution in [3.63, 3.8) is 0 Å². The molecule has 0 bridgehead atoms. The monoisotopic (exact) mass is 328 g/mol. The molecule has 1 aliphatic rings. The van der Waals surface area contributed by atoms with Crippen LogP contribution in [-0.4, -0.2) is 46.7 Å². The van der Waals surface area contributed by atoms with Crippen molar-refractivity contribution in [3.8, 4) is 0 Å². The van der Waals surface area contributed by atoms with Crippen LogP contribution < -0.4 is 0 Å². The number of carbonyl (C=O) groups excluding carboxylic acids is 2. The van der Waals surface area contributed by atoms with Crippen LogP contribution in [0.15, 0.2) is 42.7 Å². The van der Waals surface area contributed by atoms with Gasteiger partial charge in [-0.25, -0.2) is 0 Å². The van der Waals surface area contributed by atoms with Gasteiger partial charge < -0.3 is 9.88 Å². The standard InChI is InChI=1S/C18H20N2O2S/c1-23-12-13-7-9-20(11-13)18(22)15-4-2-14(3-5-15)17(21)16-6-8-19-10-16/h2-6,8,10,13,19H,7,9,11-12H2,1H3/t13-/m0/s1. The van der Waals surface area contributed by atoms with Crippen LogP contribution in [0.3, 0.4) is 0 Å². The van der Waals surface area contributed by atoms with E-state index in [-0.39, 0.29) is 11.7 Å². The second kappa shape index (κ2) is 7.04. The summed E-state index contributed by atoms with van der Waals surface area (Å²) in [5, 5.41) is 0. The molecule has 0 radical (unpaired) electrons. The first-order valence-electron chi connectivity index (χ1n) is 7.75. The number of H-pyrrole nitrogens is 1. The minimum Gasteiger partial charge on any atom is -0.367 e. The number of nitrogens with zero attached hydrogens (tertiary/aromatic N) is 1. The zero-order valence-corrected chi connectivity index (χ0v) is 13.9. The number of aromatic amines is 1. The number of ketones is 1. The number of hydrogen-bond donors (Lipinski definition) is 1. The molecule has 120 valence electrons. The molecule has 3 rings (SSSR count). The number of carbonyl (C=O) groups is 2. The van der Waals surface area contributed by atoms with Gasteiger partial charge in [-0.05, 0) is 42.5 Å². The van der Waals surface area contributed by atoms with Crippen LogP contribution in [-0.2, 0) is 0 Å². The van der Waals surface area contributed by atoms with E-state index in [1.807, 2.05) is 16.7 Å². The molecule has 1 fully saturated rings. The molecule has 1 atom stereocenters. The van der Waals surface area contributed by atoms with Crippen LogP contribution in [0.2, 0.25) is 0 Å². The molecule has 1 saturated heterocycles. The maximum atomic E-state index is 12.5. The minimum atomic E-state index is -0.0357. The van der Waals surface area contributed by atoms with Crippen molar-refractivity contribution in [1.29, 1.82) is 0 Å². The Kier molecular flexibility index (Phi) is 4.86. The Morgan fingerprint density at radius 1 is 1.17 bits per heavy atom. The Hall–Kier alpha value is -2.01. The zero-order chi connectivity index (χ0) is 16.2. The molecule has 23 heavy (non-hydrogen) atoms. The van der Waals surface area contributed by atoms with E-state index < -0.39 is 0 Å². The Morgan fingerprint density at radius 2 is 1.91 bits per heavy atom. The topological polar surface area (TPSA) is 53.2 Å². The molecule has 0 aliphatic carbocycles. The summed E-state index contributed by atoms with van der Waals surface area (Å²) >= 11 is 1.83. The molecule has 4 nitrogen and oxygen atoms in total. The Balaban J connectivity index is 1.68. The van der Waals surface area contributed by atoms with E-state index in [0.29, 0.717) is 22.6 Å². The normalized spacial score (nSPS) is 17.4. The average Bonchev–Trinajstić information content (AvgIpc) is 3.26. The summed E-state index contributed by atoms with van der Waals surface area (Å²) in [7, 11) is 0. The van der Waals surface area contributed by atoms with E-state index in [9.17, 15) is 9.59 Å². The highest BCUT2D eigenvalue weighted by Crippen LogP contribution is 2.22. The molecular formula is C18H20N2O2S. The van der Waals surface area contributed by atoms with E-state index in [4.69, 9.17) is 0 Å². The lowest BCUT2D eigenvalue weighted by molar-refractivity contribution is 0.0788. The van der Waals surface area contributed by atoms with Gasteiger partial charge in [-0.2, -0.15) is 11.8 Å². The molecule has 5 heteroatoms. The fourth-order valence-corrected chi connectivity index (χ4v) is 3.71. The predicted molar refractivity (Wildman–Crippen MR) is 93.1 cm³/mol. The number of thioether (sulfide) groups is 1. The van der Waals surface area contributed by atoms with Gasteiger partial charge in [0.15, 0.2) is 5.78 Å². The summed E-state index contributed by atoms with van der Waals surface area (Å²) in [5.74, 6) is 1.73. The van der Waals surface area contributed by atoms with Crippen LogP contribution in [0, 0.1) is 5.92 Å². The molecule has 1 N–H and O–H groups in total. The smallest absolute Gasteiger partial charge is 0.253 e. The number of hydrogen-bond acceptors (Lipinski definition) is 3. The number of nitrogens with one attached hydrogen (secondary N) is 1. The van der Waals surface area contributed by atoms with Crippen LogP contribution in [0.25, 0.3) is 0 Å². The van der Waals surface area contributed by atoms with Crippen LogP contribution in [0.1, 0.15) is 32.7 Å². The van der Waals surface area contributed by atoms with Crippen LogP contribution in [0.5, 0.6) is 0 Å². The minimum absolute atomic E-state index is 0.0357. The van der Waals surface area contributed by atoms with E-state index >= 15 is 0 Å². The Morgan fingerprint density at radius 3 is 2.57 bits per heavy atom. The van der Waals surface area contributed by atoms with Gasteiger partial charge in [-0.1, -0.05) is 12.1 Å². The van der Waals surface area contributed by atoms with Crippen molar-refractivity contribution in [2.75, 3.05) is 25.1 Å². The molecule has 0 spiro atoms. The fraction of sp³-hybridized carbons (Fsp3) is 0.333. The number of likely N-dealkylation sites (tertiary alicyclic amines) is 1. The highest BCUT2D eigenvalue weighted by molar-refractivity contribution is 7.98. The second-order valence-corrected chi connectivity index (χ2v) is 6.78. The maximum Gasteiger partial charge on any atom is 0.253 e. The van der Waals surface area contributed by atoms with Gasteiger partial charge in [-0.15, -0.1) is 0 Å². The van der Waals surface area contributed by atoms with E-state index in [2.05, 4.69) is 11.2 Å². The molecule has 2 aromatic rings. The summed E-state index contributed by atoms with van der Waals surface area (Å²) in [5.41, 5.74) is 1.88. The summed E-state index contributed by atoms with van der Waals surface area (Å²) in [6, 6.07) is 8.72. The Bertz CT molecular complexity index is 680. The lowest BCUT2D eigenvalue weighted by Gasteiger charge is -2.16. The SMILES string of the molecule is CSC[C@H]1CCN(C(=O)c2ccc(C(=O)c3cc[nH]c3)cc2)C1. The molecule has 1 amide bonds. The van der Waals surface area contributed by atoms with Crippen molar-refractivity contribution >= 4 is 23.5 Å². The van der Waals surface area contributed by atoms with Crippen molar-refractivity contribution < 1.29 is 9.59 Å². The van der Waals surface area contributed by atoms with Crippen molar-refractivity contribution in [1.82, 2.24) is 9.88 Å². The largest absolute Gasteiger partial charge is 0.367 e. The third kappa shape index (κ3) is 3.50. The molecule has 0 saturated carbocycles. The summed E-state index contributed by atoms with van der Waals surface area (Å²) in [6.07, 6.45) is 6.59. The van der Waals surface area contributed by atoms with Crippen LogP contribution >= 0.6 is 11.8 Å². The molecule has 1 aromatic heterocycles. The van der Waals surface area contributed by atoms with Gasteiger partial charge >= 0.3 is 0 Å². The highest BCUT2D eigenvalue weighted by Gasteiger charge is 2.26. The lowest BCUT2D eigenvalue weighted by Crippen LogP contribution is -2.29. The number of rotatable bonds is 5. The number of aromatic nitrogens is 1. The summed E-state index contributed by atoms with van der Waals surface area (Å²) < 4.78 is 0. The predicted octanol–water partition coefficient (Wildman–Crippen LogP) is 3.07. The quantitative estimate of drug-likeness (QED) is 0.858. The highest BCUT2D eigenvalue weighted by atomic mass is 32.2. The third-order valence-corrected chi connectivity index (χ3v) is 5.03. The third-order valence-electron chi connectivity index (χ3n) is 4.23. The first kappa shape index (κ1) is 15.9. The average molecular weight is 328 g/mol. The van der Waals surface area contributed by atoms with Gasteiger partial charge in [0.05, 0.1) is 0 Å². The van der Waals surface area contributed by atoms with E-state index in [1.54, 1.807) is 42.7 Å². The molecule has 1 aromatic carbocycles. The first-order chi connectivity index (χ1) is 11.2. The first-order valence-corrected chi connectivity index (χ1v) is 9.14. The van der Waals surface area contributed by atoms with Gasteiger partial charge in [0.1, 0.15) is 0 Å². The summed E-state index contributed by atoms with van der Waals surface area (Å²) in [4.78, 5) is 29.6. The number of amides is 1. The van der Waals surface area contributed by atoms with Gasteiger partial charge in [0, 0.05) is 42.2 Å². The van der Waals surface area contributed by atoms with E-state index in [0.717, 1.165) is 25.3 Å². The molecule has 1 aliphatic heterocycles. The second-order valence-electron chi connectivity index (χ2n) is 5.87. The maximum absolute atomic E-state index is 12.5. The molecule has 2 heterocycles. The Labute approximate surface area is 140 Å². The van der Waals surface area contributed by atoms with Gasteiger partial charge in [0.25, 0.3) is 5.91 Å².